The normalized spacial score (nSPS) is 19.4. The van der Waals surface area contributed by atoms with Crippen LogP contribution in [0.4, 0.5) is 0 Å². The van der Waals surface area contributed by atoms with Gasteiger partial charge in [0.25, 0.3) is 5.56 Å². The first kappa shape index (κ1) is 27.2. The van der Waals surface area contributed by atoms with Gasteiger partial charge in [0.2, 0.25) is 0 Å². The number of nitrogens with zero attached hydrogens (tertiary/aromatic N) is 1. The van der Waals surface area contributed by atoms with Crippen molar-refractivity contribution in [3.8, 4) is 5.75 Å². The van der Waals surface area contributed by atoms with Gasteiger partial charge in [-0.1, -0.05) is 22.0 Å². The molecule has 34 heavy (non-hydrogen) atoms. The highest BCUT2D eigenvalue weighted by Crippen LogP contribution is 2.46. The summed E-state index contributed by atoms with van der Waals surface area (Å²) in [5.74, 6) is 1.04. The van der Waals surface area contributed by atoms with E-state index in [1.807, 2.05) is 0 Å². The number of halogens is 3. The molecule has 0 aliphatic carbocycles. The molecule has 0 saturated heterocycles. The molecule has 2 aromatic rings. The molecule has 0 amide bonds. The Morgan fingerprint density at radius 1 is 1.21 bits per heavy atom. The summed E-state index contributed by atoms with van der Waals surface area (Å²) in [7, 11) is -3.85. The summed E-state index contributed by atoms with van der Waals surface area (Å²) in [5, 5.41) is 2.94. The number of rotatable bonds is 12. The number of nitrogens with one attached hydrogen (secondary N) is 2. The van der Waals surface area contributed by atoms with E-state index in [1.54, 1.807) is 43.3 Å². The van der Waals surface area contributed by atoms with E-state index in [1.165, 1.54) is 10.8 Å². The molecular formula is C21H25BrCl2N3O6P. The summed E-state index contributed by atoms with van der Waals surface area (Å²) >= 11 is 15.1. The van der Waals surface area contributed by atoms with Crippen molar-refractivity contribution in [2.24, 2.45) is 0 Å². The van der Waals surface area contributed by atoms with Gasteiger partial charge in [-0.25, -0.2) is 14.4 Å². The third-order valence-electron chi connectivity index (χ3n) is 4.93. The molecule has 0 spiro atoms. The van der Waals surface area contributed by atoms with Gasteiger partial charge in [-0.2, -0.15) is 0 Å². The molecule has 3 rings (SSSR count). The predicted octanol–water partition coefficient (Wildman–Crippen LogP) is 4.48. The second kappa shape index (κ2) is 12.5. The summed E-state index contributed by atoms with van der Waals surface area (Å²) in [6.45, 7) is 1.48. The minimum absolute atomic E-state index is 0.112. The van der Waals surface area contributed by atoms with Crippen LogP contribution in [-0.4, -0.2) is 40.1 Å². The number of H-pyrrole nitrogens is 1. The Morgan fingerprint density at radius 3 is 2.53 bits per heavy atom. The van der Waals surface area contributed by atoms with E-state index in [2.05, 4.69) is 26.0 Å². The second-order valence-corrected chi connectivity index (χ2v) is 10.9. The first-order valence-electron chi connectivity index (χ1n) is 10.5. The van der Waals surface area contributed by atoms with Gasteiger partial charge in [-0.3, -0.25) is 18.9 Å². The van der Waals surface area contributed by atoms with Gasteiger partial charge >= 0.3 is 13.4 Å². The van der Waals surface area contributed by atoms with Crippen molar-refractivity contribution in [3.63, 3.8) is 0 Å². The van der Waals surface area contributed by atoms with Gasteiger partial charge in [-0.15, -0.1) is 23.2 Å². The lowest BCUT2D eigenvalue weighted by Gasteiger charge is -2.26. The maximum absolute atomic E-state index is 13.6. The van der Waals surface area contributed by atoms with Crippen molar-refractivity contribution in [3.05, 3.63) is 73.5 Å². The van der Waals surface area contributed by atoms with Crippen molar-refractivity contribution >= 4 is 46.9 Å². The zero-order chi connectivity index (χ0) is 24.7. The lowest BCUT2D eigenvalue weighted by atomic mass is 10.2. The molecule has 1 aliphatic rings. The third kappa shape index (κ3) is 7.55. The third-order valence-corrected chi connectivity index (χ3v) is 7.52. The summed E-state index contributed by atoms with van der Waals surface area (Å²) in [6, 6.07) is 6.55. The average Bonchev–Trinajstić information content (AvgIpc) is 3.26. The zero-order valence-corrected chi connectivity index (χ0v) is 22.3. The van der Waals surface area contributed by atoms with Crippen molar-refractivity contribution in [2.45, 2.75) is 38.1 Å². The standard InChI is InChI=1S/C21H25BrCl2N3O6P/c1-14-12-27(21(29)25-20(14)28)19-7-6-18(32-19)13-31-34(30,26-16(8-10-23)9-11-24)33-17-4-2-15(22)3-5-17/h2-7,12,16,18-19H,8-11,13H2,1H3,(H,26,30)(H,25,28,29)/t18-,19+,34?/m0/s1. The van der Waals surface area contributed by atoms with E-state index in [-0.39, 0.29) is 12.6 Å². The topological polar surface area (TPSA) is 112 Å². The Balaban J connectivity index is 1.71. The van der Waals surface area contributed by atoms with E-state index >= 15 is 0 Å². The zero-order valence-electron chi connectivity index (χ0n) is 18.3. The van der Waals surface area contributed by atoms with Crippen LogP contribution in [-0.2, 0) is 13.8 Å². The van der Waals surface area contributed by atoms with Gasteiger partial charge < -0.3 is 9.26 Å². The predicted molar refractivity (Wildman–Crippen MR) is 135 cm³/mol. The number of hydrogen-bond donors (Lipinski definition) is 2. The van der Waals surface area contributed by atoms with Crippen LogP contribution in [0.1, 0.15) is 24.6 Å². The molecule has 1 unspecified atom stereocenters. The van der Waals surface area contributed by atoms with Gasteiger partial charge in [0.1, 0.15) is 11.9 Å². The maximum atomic E-state index is 13.6. The Labute approximate surface area is 215 Å². The SMILES string of the molecule is Cc1cn([C@H]2C=C[C@@H](COP(=O)(NC(CCCl)CCCl)Oc3ccc(Br)cc3)O2)c(=O)[nH]c1=O. The molecule has 186 valence electrons. The molecule has 9 nitrogen and oxygen atoms in total. The van der Waals surface area contributed by atoms with Crippen molar-refractivity contribution in [1.82, 2.24) is 14.6 Å². The Bertz CT molecular complexity index is 1150. The quantitative estimate of drug-likeness (QED) is 0.211. The molecule has 1 aromatic heterocycles. The fourth-order valence-electron chi connectivity index (χ4n) is 3.17. The molecule has 1 aromatic carbocycles. The van der Waals surface area contributed by atoms with E-state index < -0.39 is 31.3 Å². The van der Waals surface area contributed by atoms with Crippen LogP contribution in [0, 0.1) is 6.92 Å². The van der Waals surface area contributed by atoms with Crippen LogP contribution in [0.5, 0.6) is 5.75 Å². The number of aryl methyl sites for hydroxylation is 1. The van der Waals surface area contributed by atoms with Gasteiger partial charge in [0.05, 0.1) is 6.61 Å². The van der Waals surface area contributed by atoms with E-state index in [0.717, 1.165) is 4.47 Å². The molecular weight excluding hydrogens is 572 g/mol. The molecule has 2 N–H and O–H groups in total. The number of ether oxygens (including phenoxy) is 1. The monoisotopic (exact) mass is 595 g/mol. The minimum atomic E-state index is -3.85. The van der Waals surface area contributed by atoms with Crippen LogP contribution in [0.2, 0.25) is 0 Å². The van der Waals surface area contributed by atoms with Crippen molar-refractivity contribution in [2.75, 3.05) is 18.4 Å². The summed E-state index contributed by atoms with van der Waals surface area (Å²) in [4.78, 5) is 26.0. The number of hydrogen-bond acceptors (Lipinski definition) is 6. The highest BCUT2D eigenvalue weighted by molar-refractivity contribution is 9.10. The average molecular weight is 597 g/mol. The molecule has 0 bridgehead atoms. The Hall–Kier alpha value is -1.39. The Morgan fingerprint density at radius 2 is 1.88 bits per heavy atom. The van der Waals surface area contributed by atoms with Crippen LogP contribution in [0.15, 0.2) is 56.7 Å². The van der Waals surface area contributed by atoms with E-state index in [4.69, 9.17) is 37.0 Å². The molecule has 0 saturated carbocycles. The fraction of sp³-hybridized carbons (Fsp3) is 0.429. The number of benzene rings is 1. The lowest BCUT2D eigenvalue weighted by Crippen LogP contribution is -2.34. The molecule has 2 heterocycles. The first-order chi connectivity index (χ1) is 16.2. The van der Waals surface area contributed by atoms with Crippen molar-refractivity contribution in [1.29, 1.82) is 0 Å². The summed E-state index contributed by atoms with van der Waals surface area (Å²) in [5.41, 5.74) is -0.677. The highest BCUT2D eigenvalue weighted by atomic mass is 79.9. The van der Waals surface area contributed by atoms with E-state index in [9.17, 15) is 14.2 Å². The van der Waals surface area contributed by atoms with Crippen molar-refractivity contribution < 1.29 is 18.3 Å². The minimum Gasteiger partial charge on any atom is -0.413 e. The number of alkyl halides is 2. The van der Waals surface area contributed by atoms with Gasteiger partial charge in [-0.05, 0) is 50.1 Å². The molecule has 0 fully saturated rings. The largest absolute Gasteiger partial charge is 0.459 e. The van der Waals surface area contributed by atoms with Crippen LogP contribution >= 0.6 is 46.9 Å². The van der Waals surface area contributed by atoms with Crippen LogP contribution in [0.3, 0.4) is 0 Å². The number of aromatic nitrogens is 2. The summed E-state index contributed by atoms with van der Waals surface area (Å²) < 4.78 is 33.1. The highest BCUT2D eigenvalue weighted by Gasteiger charge is 2.32. The smallest absolute Gasteiger partial charge is 0.413 e. The maximum Gasteiger partial charge on any atom is 0.459 e. The molecule has 13 heteroatoms. The number of aromatic amines is 1. The fourth-order valence-corrected chi connectivity index (χ4v) is 5.59. The second-order valence-electron chi connectivity index (χ2n) is 7.55. The molecule has 3 atom stereocenters. The van der Waals surface area contributed by atoms with Crippen LogP contribution < -0.4 is 20.9 Å². The summed E-state index contributed by atoms with van der Waals surface area (Å²) in [6.07, 6.45) is 4.46. The molecule has 1 aliphatic heterocycles. The van der Waals surface area contributed by atoms with E-state index in [0.29, 0.717) is 35.9 Å². The van der Waals surface area contributed by atoms with Crippen LogP contribution in [0.25, 0.3) is 0 Å². The first-order valence-corrected chi connectivity index (χ1v) is 13.9. The molecule has 0 radical (unpaired) electrons. The van der Waals surface area contributed by atoms with Gasteiger partial charge in [0.15, 0.2) is 6.23 Å². The lowest BCUT2D eigenvalue weighted by molar-refractivity contribution is -0.00748. The van der Waals surface area contributed by atoms with Gasteiger partial charge in [0, 0.05) is 34.0 Å². The Kier molecular flexibility index (Phi) is 10.0.